The number of furan rings is 1. The summed E-state index contributed by atoms with van der Waals surface area (Å²) in [5.74, 6) is 1.09. The Labute approximate surface area is 185 Å². The van der Waals surface area contributed by atoms with Crippen molar-refractivity contribution in [2.45, 2.75) is 18.9 Å². The van der Waals surface area contributed by atoms with Crippen LogP contribution in [0.5, 0.6) is 0 Å². The lowest BCUT2D eigenvalue weighted by Crippen LogP contribution is -2.49. The van der Waals surface area contributed by atoms with Crippen molar-refractivity contribution in [1.82, 2.24) is 14.9 Å². The fourth-order valence-corrected chi connectivity index (χ4v) is 4.31. The highest BCUT2D eigenvalue weighted by Crippen LogP contribution is 2.27. The number of nitrogens with zero attached hydrogens (tertiary/aromatic N) is 4. The van der Waals surface area contributed by atoms with Crippen molar-refractivity contribution in [2.75, 3.05) is 37.3 Å². The van der Waals surface area contributed by atoms with Crippen molar-refractivity contribution >= 4 is 29.1 Å². The Balaban J connectivity index is 1.49. The minimum atomic E-state index is -0.0422. The fraction of sp³-hybridized carbons (Fsp3) is 0.304. The number of anilines is 1. The lowest BCUT2D eigenvalue weighted by Gasteiger charge is -2.36. The topological polar surface area (TPSA) is 79.5 Å². The minimum absolute atomic E-state index is 0.0422. The molecule has 0 atom stereocenters. The number of carbonyl (C=O) groups excluding carboxylic acids is 2. The van der Waals surface area contributed by atoms with E-state index in [1.54, 1.807) is 19.3 Å². The van der Waals surface area contributed by atoms with Crippen LogP contribution in [-0.2, 0) is 0 Å². The maximum absolute atomic E-state index is 13.3. The summed E-state index contributed by atoms with van der Waals surface area (Å²) >= 11 is 1.44. The third kappa shape index (κ3) is 4.34. The number of carbonyl (C=O) groups is 2. The minimum Gasteiger partial charge on any atom is -0.461 e. The lowest BCUT2D eigenvalue weighted by atomic mass is 10.1. The van der Waals surface area contributed by atoms with Crippen molar-refractivity contribution in [2.24, 2.45) is 0 Å². The third-order valence-corrected chi connectivity index (χ3v) is 6.09. The molecule has 1 aromatic carbocycles. The Kier molecular flexibility index (Phi) is 6.08. The van der Waals surface area contributed by atoms with Gasteiger partial charge in [0.2, 0.25) is 0 Å². The SMILES string of the molecule is CSc1nc(-c2ccco2)nc(C)c1C(=O)N1CCN(c2ccc(C(C)=O)cc2)CC1. The Morgan fingerprint density at radius 1 is 1.03 bits per heavy atom. The van der Waals surface area contributed by atoms with Crippen LogP contribution in [0.25, 0.3) is 11.6 Å². The van der Waals surface area contributed by atoms with E-state index in [2.05, 4.69) is 14.9 Å². The maximum atomic E-state index is 13.3. The van der Waals surface area contributed by atoms with Gasteiger partial charge in [-0.05, 0) is 56.5 Å². The van der Waals surface area contributed by atoms with Gasteiger partial charge in [-0.15, -0.1) is 11.8 Å². The van der Waals surface area contributed by atoms with E-state index in [4.69, 9.17) is 4.42 Å². The largest absolute Gasteiger partial charge is 0.461 e. The molecule has 2 aromatic heterocycles. The third-order valence-electron chi connectivity index (χ3n) is 5.41. The molecule has 0 N–H and O–H groups in total. The number of thioether (sulfide) groups is 1. The van der Waals surface area contributed by atoms with Gasteiger partial charge in [-0.2, -0.15) is 0 Å². The first-order chi connectivity index (χ1) is 15.0. The van der Waals surface area contributed by atoms with Crippen molar-refractivity contribution < 1.29 is 14.0 Å². The zero-order chi connectivity index (χ0) is 22.0. The van der Waals surface area contributed by atoms with Crippen molar-refractivity contribution in [1.29, 1.82) is 0 Å². The summed E-state index contributed by atoms with van der Waals surface area (Å²) < 4.78 is 5.41. The number of rotatable bonds is 5. The number of piperazine rings is 1. The van der Waals surface area contributed by atoms with Gasteiger partial charge in [0.05, 0.1) is 17.5 Å². The molecule has 1 aliphatic rings. The molecule has 0 aliphatic carbocycles. The number of aromatic nitrogens is 2. The predicted molar refractivity (Wildman–Crippen MR) is 121 cm³/mol. The molecule has 31 heavy (non-hydrogen) atoms. The van der Waals surface area contributed by atoms with E-state index in [0.29, 0.717) is 46.5 Å². The van der Waals surface area contributed by atoms with Crippen LogP contribution in [0, 0.1) is 6.92 Å². The molecule has 0 saturated carbocycles. The summed E-state index contributed by atoms with van der Waals surface area (Å²) in [4.78, 5) is 38.0. The van der Waals surface area contributed by atoms with Gasteiger partial charge in [0.1, 0.15) is 5.03 Å². The molecule has 160 valence electrons. The highest BCUT2D eigenvalue weighted by Gasteiger charge is 2.27. The number of Topliss-reactive ketones (excluding diaryl/α,β-unsaturated/α-hetero) is 1. The maximum Gasteiger partial charge on any atom is 0.258 e. The first-order valence-electron chi connectivity index (χ1n) is 10.1. The van der Waals surface area contributed by atoms with E-state index >= 15 is 0 Å². The van der Waals surface area contributed by atoms with Crippen LogP contribution in [0.15, 0.2) is 52.1 Å². The summed E-state index contributed by atoms with van der Waals surface area (Å²) in [5, 5.41) is 0.658. The van der Waals surface area contributed by atoms with Crippen molar-refractivity contribution in [3.8, 4) is 11.6 Å². The van der Waals surface area contributed by atoms with E-state index < -0.39 is 0 Å². The van der Waals surface area contributed by atoms with Gasteiger partial charge in [-0.3, -0.25) is 9.59 Å². The quantitative estimate of drug-likeness (QED) is 0.341. The van der Waals surface area contributed by atoms with Gasteiger partial charge in [0.25, 0.3) is 5.91 Å². The summed E-state index contributed by atoms with van der Waals surface area (Å²) in [5.41, 5.74) is 2.97. The molecule has 1 aliphatic heterocycles. The average Bonchev–Trinajstić information content (AvgIpc) is 3.33. The molecule has 4 rings (SSSR count). The summed E-state index contributed by atoms with van der Waals surface area (Å²) in [6, 6.07) is 11.2. The molecule has 7 nitrogen and oxygen atoms in total. The van der Waals surface area contributed by atoms with E-state index in [1.807, 2.05) is 48.4 Å². The molecule has 8 heteroatoms. The van der Waals surface area contributed by atoms with Gasteiger partial charge in [0.15, 0.2) is 17.4 Å². The molecule has 3 aromatic rings. The smallest absolute Gasteiger partial charge is 0.258 e. The molecule has 1 amide bonds. The number of hydrogen-bond acceptors (Lipinski definition) is 7. The Morgan fingerprint density at radius 2 is 1.74 bits per heavy atom. The first-order valence-corrected chi connectivity index (χ1v) is 11.3. The molecule has 1 fully saturated rings. The lowest BCUT2D eigenvalue weighted by molar-refractivity contribution is 0.0740. The van der Waals surface area contributed by atoms with Crippen LogP contribution in [0.2, 0.25) is 0 Å². The summed E-state index contributed by atoms with van der Waals surface area (Å²) in [6.45, 7) is 6.08. The van der Waals surface area contributed by atoms with Gasteiger partial charge in [-0.1, -0.05) is 0 Å². The zero-order valence-corrected chi connectivity index (χ0v) is 18.6. The molecule has 0 bridgehead atoms. The molecular formula is C23H24N4O3S. The average molecular weight is 437 g/mol. The normalized spacial score (nSPS) is 14.0. The Morgan fingerprint density at radius 3 is 2.32 bits per heavy atom. The van der Waals surface area contributed by atoms with Crippen molar-refractivity contribution in [3.63, 3.8) is 0 Å². The van der Waals surface area contributed by atoms with Gasteiger partial charge in [-0.25, -0.2) is 9.97 Å². The second-order valence-electron chi connectivity index (χ2n) is 7.38. The van der Waals surface area contributed by atoms with Crippen LogP contribution < -0.4 is 4.90 Å². The van der Waals surface area contributed by atoms with Crippen LogP contribution in [0.4, 0.5) is 5.69 Å². The summed E-state index contributed by atoms with van der Waals surface area (Å²) in [7, 11) is 0. The van der Waals surface area contributed by atoms with Gasteiger partial charge < -0.3 is 14.2 Å². The van der Waals surface area contributed by atoms with E-state index in [9.17, 15) is 9.59 Å². The monoisotopic (exact) mass is 436 g/mol. The number of amides is 1. The Bertz CT molecular complexity index is 1090. The van der Waals surface area contributed by atoms with Gasteiger partial charge >= 0.3 is 0 Å². The first kappa shape index (κ1) is 21.1. The van der Waals surface area contributed by atoms with Crippen LogP contribution in [0.1, 0.15) is 33.3 Å². The molecule has 1 saturated heterocycles. The van der Waals surface area contributed by atoms with E-state index in [1.165, 1.54) is 11.8 Å². The molecule has 0 radical (unpaired) electrons. The second kappa shape index (κ2) is 8.93. The van der Waals surface area contributed by atoms with Crippen LogP contribution in [0.3, 0.4) is 0 Å². The number of hydrogen-bond donors (Lipinski definition) is 0. The highest BCUT2D eigenvalue weighted by molar-refractivity contribution is 7.98. The standard InChI is InChI=1S/C23H24N4O3S/c1-15-20(22(31-3)25-21(24-15)19-5-4-14-30-19)23(29)27-12-10-26(11-13-27)18-8-6-17(7-9-18)16(2)28/h4-9,14H,10-13H2,1-3H3. The second-order valence-corrected chi connectivity index (χ2v) is 8.17. The number of benzene rings is 1. The summed E-state index contributed by atoms with van der Waals surface area (Å²) in [6.07, 6.45) is 3.49. The zero-order valence-electron chi connectivity index (χ0n) is 17.8. The van der Waals surface area contributed by atoms with Crippen LogP contribution >= 0.6 is 11.8 Å². The van der Waals surface area contributed by atoms with Crippen LogP contribution in [-0.4, -0.2) is 59.0 Å². The van der Waals surface area contributed by atoms with Gasteiger partial charge in [0, 0.05) is 37.4 Å². The number of ketones is 1. The van der Waals surface area contributed by atoms with E-state index in [0.717, 1.165) is 18.8 Å². The van der Waals surface area contributed by atoms with Crippen molar-refractivity contribution in [3.05, 3.63) is 59.5 Å². The molecule has 0 unspecified atom stereocenters. The Hall–Kier alpha value is -3.13. The predicted octanol–water partition coefficient (Wildman–Crippen LogP) is 3.93. The molecule has 3 heterocycles. The fourth-order valence-electron chi connectivity index (χ4n) is 3.69. The highest BCUT2D eigenvalue weighted by atomic mass is 32.2. The molecule has 0 spiro atoms. The number of aryl methyl sites for hydroxylation is 1. The van der Waals surface area contributed by atoms with E-state index in [-0.39, 0.29) is 11.7 Å². The molecular weight excluding hydrogens is 412 g/mol.